The molecule has 0 bridgehead atoms. The maximum absolute atomic E-state index is 11.7. The van der Waals surface area contributed by atoms with Gasteiger partial charge in [0.15, 0.2) is 0 Å². The molecule has 2 rings (SSSR count). The van der Waals surface area contributed by atoms with Gasteiger partial charge in [-0.25, -0.2) is 0 Å². The predicted molar refractivity (Wildman–Crippen MR) is 52.5 cm³/mol. The number of amides is 1. The molecule has 5 nitrogen and oxygen atoms in total. The van der Waals surface area contributed by atoms with Gasteiger partial charge in [-0.1, -0.05) is 6.42 Å². The number of anilines is 1. The van der Waals surface area contributed by atoms with E-state index in [1.54, 1.807) is 12.4 Å². The first kappa shape index (κ1) is 9.21. The van der Waals surface area contributed by atoms with Crippen molar-refractivity contribution in [3.05, 3.63) is 12.4 Å². The molecule has 1 heterocycles. The summed E-state index contributed by atoms with van der Waals surface area (Å²) in [6.45, 7) is 0. The second-order valence-corrected chi connectivity index (χ2v) is 3.68. The molecule has 2 atom stereocenters. The summed E-state index contributed by atoms with van der Waals surface area (Å²) in [7, 11) is 0. The van der Waals surface area contributed by atoms with Crippen LogP contribution in [0.4, 0.5) is 5.69 Å². The Balaban J connectivity index is 1.95. The van der Waals surface area contributed by atoms with Gasteiger partial charge in [-0.15, -0.1) is 0 Å². The van der Waals surface area contributed by atoms with E-state index in [1.165, 1.54) is 0 Å². The lowest BCUT2D eigenvalue weighted by Gasteiger charge is -2.13. The molecule has 0 aromatic carbocycles. The number of H-pyrrole nitrogens is 1. The van der Waals surface area contributed by atoms with Crippen molar-refractivity contribution >= 4 is 11.6 Å². The molecule has 1 amide bonds. The van der Waals surface area contributed by atoms with Crippen LogP contribution in [0.3, 0.4) is 0 Å². The Morgan fingerprint density at radius 3 is 3.07 bits per heavy atom. The number of hydrogen-bond acceptors (Lipinski definition) is 3. The molecule has 4 N–H and O–H groups in total. The quantitative estimate of drug-likeness (QED) is 0.640. The minimum Gasteiger partial charge on any atom is -0.327 e. The normalized spacial score (nSPS) is 26.4. The Bertz CT molecular complexity index is 309. The van der Waals surface area contributed by atoms with Crippen molar-refractivity contribution in [2.75, 3.05) is 5.32 Å². The van der Waals surface area contributed by atoms with Gasteiger partial charge in [0.2, 0.25) is 5.91 Å². The van der Waals surface area contributed by atoms with Gasteiger partial charge in [0.25, 0.3) is 0 Å². The van der Waals surface area contributed by atoms with Crippen molar-refractivity contribution in [2.24, 2.45) is 11.7 Å². The van der Waals surface area contributed by atoms with Crippen LogP contribution in [0, 0.1) is 5.92 Å². The van der Waals surface area contributed by atoms with Crippen molar-refractivity contribution in [1.29, 1.82) is 0 Å². The van der Waals surface area contributed by atoms with E-state index in [0.717, 1.165) is 19.3 Å². The molecular weight excluding hydrogens is 180 g/mol. The fraction of sp³-hybridized carbons (Fsp3) is 0.556. The third kappa shape index (κ3) is 1.77. The maximum Gasteiger partial charge on any atom is 0.229 e. The van der Waals surface area contributed by atoms with Crippen LogP contribution in [0.15, 0.2) is 12.4 Å². The summed E-state index contributed by atoms with van der Waals surface area (Å²) in [5.74, 6) is -0.0266. The molecule has 0 spiro atoms. The number of nitrogens with two attached hydrogens (primary N) is 1. The van der Waals surface area contributed by atoms with Crippen LogP contribution in [0.25, 0.3) is 0 Å². The van der Waals surface area contributed by atoms with E-state index in [4.69, 9.17) is 5.73 Å². The maximum atomic E-state index is 11.7. The van der Waals surface area contributed by atoms with Crippen molar-refractivity contribution in [3.8, 4) is 0 Å². The molecule has 1 aliphatic carbocycles. The average Bonchev–Trinajstić information content (AvgIpc) is 2.75. The van der Waals surface area contributed by atoms with Crippen LogP contribution in [-0.4, -0.2) is 22.1 Å². The molecular formula is C9H14N4O. The number of nitrogens with zero attached hydrogens (tertiary/aromatic N) is 1. The van der Waals surface area contributed by atoms with E-state index >= 15 is 0 Å². The topological polar surface area (TPSA) is 83.8 Å². The highest BCUT2D eigenvalue weighted by Gasteiger charge is 2.30. The fourth-order valence-electron chi connectivity index (χ4n) is 1.87. The zero-order valence-corrected chi connectivity index (χ0v) is 7.86. The van der Waals surface area contributed by atoms with Crippen LogP contribution in [-0.2, 0) is 4.79 Å². The van der Waals surface area contributed by atoms with Crippen molar-refractivity contribution < 1.29 is 4.79 Å². The zero-order valence-electron chi connectivity index (χ0n) is 7.86. The Kier molecular flexibility index (Phi) is 2.49. The van der Waals surface area contributed by atoms with E-state index in [1.807, 2.05) is 0 Å². The Morgan fingerprint density at radius 1 is 1.64 bits per heavy atom. The molecule has 1 aromatic rings. The Hall–Kier alpha value is -1.36. The first-order valence-corrected chi connectivity index (χ1v) is 4.82. The summed E-state index contributed by atoms with van der Waals surface area (Å²) in [5.41, 5.74) is 6.53. The minimum atomic E-state index is -0.0371. The first-order chi connectivity index (χ1) is 6.77. The van der Waals surface area contributed by atoms with E-state index in [0.29, 0.717) is 5.69 Å². The van der Waals surface area contributed by atoms with E-state index in [-0.39, 0.29) is 17.9 Å². The van der Waals surface area contributed by atoms with Gasteiger partial charge in [-0.2, -0.15) is 5.10 Å². The second kappa shape index (κ2) is 3.79. The molecule has 2 unspecified atom stereocenters. The molecule has 0 aliphatic heterocycles. The molecule has 76 valence electrons. The molecule has 14 heavy (non-hydrogen) atoms. The number of hydrogen-bond donors (Lipinski definition) is 3. The van der Waals surface area contributed by atoms with Crippen LogP contribution in [0.2, 0.25) is 0 Å². The summed E-state index contributed by atoms with van der Waals surface area (Å²) in [6.07, 6.45) is 6.12. The summed E-state index contributed by atoms with van der Waals surface area (Å²) in [5, 5.41) is 9.17. The van der Waals surface area contributed by atoms with Gasteiger partial charge in [-0.05, 0) is 12.8 Å². The van der Waals surface area contributed by atoms with Gasteiger partial charge >= 0.3 is 0 Å². The lowest BCUT2D eigenvalue weighted by molar-refractivity contribution is -0.120. The number of aromatic nitrogens is 2. The second-order valence-electron chi connectivity index (χ2n) is 3.68. The SMILES string of the molecule is NC1CCCC1C(=O)Nc1cn[nH]c1. The molecule has 1 aromatic heterocycles. The zero-order chi connectivity index (χ0) is 9.97. The van der Waals surface area contributed by atoms with Crippen LogP contribution < -0.4 is 11.1 Å². The molecule has 1 saturated carbocycles. The third-order valence-electron chi connectivity index (χ3n) is 2.67. The van der Waals surface area contributed by atoms with Gasteiger partial charge in [-0.3, -0.25) is 9.89 Å². The van der Waals surface area contributed by atoms with E-state index in [9.17, 15) is 4.79 Å². The summed E-state index contributed by atoms with van der Waals surface area (Å²) >= 11 is 0. The predicted octanol–water partition coefficient (Wildman–Crippen LogP) is 0.476. The highest BCUT2D eigenvalue weighted by Crippen LogP contribution is 2.25. The third-order valence-corrected chi connectivity index (χ3v) is 2.67. The summed E-state index contributed by atoms with van der Waals surface area (Å²) < 4.78 is 0. The van der Waals surface area contributed by atoms with Crippen LogP contribution >= 0.6 is 0 Å². The van der Waals surface area contributed by atoms with E-state index < -0.39 is 0 Å². The smallest absolute Gasteiger partial charge is 0.229 e. The van der Waals surface area contributed by atoms with Gasteiger partial charge < -0.3 is 11.1 Å². The van der Waals surface area contributed by atoms with Crippen LogP contribution in [0.5, 0.6) is 0 Å². The molecule has 1 fully saturated rings. The minimum absolute atomic E-state index is 0.0106. The van der Waals surface area contributed by atoms with Gasteiger partial charge in [0, 0.05) is 12.2 Å². The molecule has 1 aliphatic rings. The lowest BCUT2D eigenvalue weighted by atomic mass is 10.0. The van der Waals surface area contributed by atoms with E-state index in [2.05, 4.69) is 15.5 Å². The van der Waals surface area contributed by atoms with Crippen LogP contribution in [0.1, 0.15) is 19.3 Å². The number of nitrogens with one attached hydrogen (secondary N) is 2. The molecule has 5 heteroatoms. The van der Waals surface area contributed by atoms with Gasteiger partial charge in [0.1, 0.15) is 0 Å². The van der Waals surface area contributed by atoms with Gasteiger partial charge in [0.05, 0.1) is 17.8 Å². The Morgan fingerprint density at radius 2 is 2.50 bits per heavy atom. The van der Waals surface area contributed by atoms with Crippen molar-refractivity contribution in [2.45, 2.75) is 25.3 Å². The average molecular weight is 194 g/mol. The highest BCUT2D eigenvalue weighted by atomic mass is 16.1. The van der Waals surface area contributed by atoms with Crippen molar-refractivity contribution in [1.82, 2.24) is 10.2 Å². The largest absolute Gasteiger partial charge is 0.327 e. The van der Waals surface area contributed by atoms with Crippen molar-refractivity contribution in [3.63, 3.8) is 0 Å². The Labute approximate surface area is 82.1 Å². The number of aromatic amines is 1. The molecule has 0 saturated heterocycles. The molecule has 0 radical (unpaired) electrons. The first-order valence-electron chi connectivity index (χ1n) is 4.82. The standard InChI is InChI=1S/C9H14N4O/c10-8-3-1-2-7(8)9(14)13-6-4-11-12-5-6/h4-5,7-8H,1-3,10H2,(H,11,12)(H,13,14). The monoisotopic (exact) mass is 194 g/mol. The summed E-state index contributed by atoms with van der Waals surface area (Å²) in [4.78, 5) is 11.7. The summed E-state index contributed by atoms with van der Waals surface area (Å²) in [6, 6.07) is 0.0156. The highest BCUT2D eigenvalue weighted by molar-refractivity contribution is 5.92. The number of carbonyl (C=O) groups is 1. The number of rotatable bonds is 2. The number of carbonyl (C=O) groups excluding carboxylic acids is 1. The fourth-order valence-corrected chi connectivity index (χ4v) is 1.87. The lowest BCUT2D eigenvalue weighted by Crippen LogP contribution is -2.34.